The molecule has 1 unspecified atom stereocenters. The lowest BCUT2D eigenvalue weighted by atomic mass is 10.2. The Morgan fingerprint density at radius 1 is 1.47 bits per heavy atom. The molecule has 1 atom stereocenters. The van der Waals surface area contributed by atoms with Crippen molar-refractivity contribution in [1.29, 1.82) is 0 Å². The molecule has 0 amide bonds. The molecular formula is C13H14Cl2N2. The summed E-state index contributed by atoms with van der Waals surface area (Å²) in [6.07, 6.45) is 1.16. The Hall–Kier alpha value is -0.730. The lowest BCUT2D eigenvalue weighted by Gasteiger charge is -2.10. The summed E-state index contributed by atoms with van der Waals surface area (Å²) in [6, 6.07) is 6.30. The number of aromatic nitrogens is 2. The van der Waals surface area contributed by atoms with Gasteiger partial charge in [0, 0.05) is 6.04 Å². The summed E-state index contributed by atoms with van der Waals surface area (Å²) in [4.78, 5) is 4.57. The third-order valence-electron chi connectivity index (χ3n) is 3.63. The summed E-state index contributed by atoms with van der Waals surface area (Å²) in [6.45, 7) is 4.52. The molecule has 0 spiro atoms. The first-order valence-electron chi connectivity index (χ1n) is 5.76. The number of fused-ring (bicyclic) bond motifs is 1. The summed E-state index contributed by atoms with van der Waals surface area (Å²) in [5, 5.41) is 0.758. The van der Waals surface area contributed by atoms with E-state index in [0.717, 1.165) is 28.3 Å². The molecule has 1 saturated carbocycles. The van der Waals surface area contributed by atoms with Gasteiger partial charge in [0.2, 0.25) is 0 Å². The van der Waals surface area contributed by atoms with Crippen LogP contribution in [0, 0.1) is 5.41 Å². The molecule has 0 saturated heterocycles. The Morgan fingerprint density at radius 2 is 2.18 bits per heavy atom. The summed E-state index contributed by atoms with van der Waals surface area (Å²) >= 11 is 12.3. The number of nitrogens with zero attached hydrogens (tertiary/aromatic N) is 2. The molecule has 2 aromatic rings. The van der Waals surface area contributed by atoms with E-state index in [1.54, 1.807) is 0 Å². The number of rotatable bonds is 2. The van der Waals surface area contributed by atoms with Gasteiger partial charge in [-0.2, -0.15) is 0 Å². The molecule has 2 nitrogen and oxygen atoms in total. The van der Waals surface area contributed by atoms with Crippen LogP contribution in [0.25, 0.3) is 11.0 Å². The number of alkyl halides is 1. The molecule has 4 heteroatoms. The largest absolute Gasteiger partial charge is 0.322 e. The minimum atomic E-state index is 0.327. The van der Waals surface area contributed by atoms with Crippen molar-refractivity contribution in [2.24, 2.45) is 5.41 Å². The zero-order chi connectivity index (χ0) is 12.2. The van der Waals surface area contributed by atoms with Crippen LogP contribution in [0.2, 0.25) is 5.02 Å². The highest BCUT2D eigenvalue weighted by atomic mass is 35.5. The van der Waals surface area contributed by atoms with Crippen molar-refractivity contribution in [3.8, 4) is 0 Å². The minimum absolute atomic E-state index is 0.327. The van der Waals surface area contributed by atoms with Gasteiger partial charge >= 0.3 is 0 Å². The molecule has 0 bridgehead atoms. The van der Waals surface area contributed by atoms with E-state index in [9.17, 15) is 0 Å². The second-order valence-electron chi connectivity index (χ2n) is 5.35. The number of hydrogen-bond donors (Lipinski definition) is 0. The van der Waals surface area contributed by atoms with Gasteiger partial charge in [-0.3, -0.25) is 0 Å². The smallest absolute Gasteiger partial charge is 0.125 e. The minimum Gasteiger partial charge on any atom is -0.322 e. The maximum atomic E-state index is 6.29. The van der Waals surface area contributed by atoms with Crippen molar-refractivity contribution >= 4 is 34.2 Å². The fourth-order valence-corrected chi connectivity index (χ4v) is 2.91. The van der Waals surface area contributed by atoms with E-state index in [0.29, 0.717) is 17.3 Å². The topological polar surface area (TPSA) is 17.8 Å². The van der Waals surface area contributed by atoms with Crippen molar-refractivity contribution < 1.29 is 0 Å². The zero-order valence-electron chi connectivity index (χ0n) is 9.87. The fourth-order valence-electron chi connectivity index (χ4n) is 2.46. The Labute approximate surface area is 111 Å². The third kappa shape index (κ3) is 1.66. The van der Waals surface area contributed by atoms with Crippen LogP contribution in [0.15, 0.2) is 18.2 Å². The van der Waals surface area contributed by atoms with Gasteiger partial charge in [-0.1, -0.05) is 31.5 Å². The van der Waals surface area contributed by atoms with Crippen molar-refractivity contribution in [3.63, 3.8) is 0 Å². The first-order valence-corrected chi connectivity index (χ1v) is 6.67. The first kappa shape index (κ1) is 11.4. The highest BCUT2D eigenvalue weighted by molar-refractivity contribution is 6.35. The van der Waals surface area contributed by atoms with Crippen molar-refractivity contribution in [1.82, 2.24) is 9.55 Å². The molecule has 17 heavy (non-hydrogen) atoms. The highest BCUT2D eigenvalue weighted by Gasteiger charge is 2.48. The van der Waals surface area contributed by atoms with Crippen LogP contribution in [0.4, 0.5) is 0 Å². The van der Waals surface area contributed by atoms with Crippen LogP contribution in [0.5, 0.6) is 0 Å². The number of para-hydroxylation sites is 1. The molecule has 1 aliphatic rings. The van der Waals surface area contributed by atoms with Gasteiger partial charge < -0.3 is 4.57 Å². The number of hydrogen-bond acceptors (Lipinski definition) is 1. The van der Waals surface area contributed by atoms with Crippen molar-refractivity contribution in [2.45, 2.75) is 32.2 Å². The van der Waals surface area contributed by atoms with Crippen LogP contribution in [-0.2, 0) is 5.88 Å². The molecule has 90 valence electrons. The quantitative estimate of drug-likeness (QED) is 0.739. The summed E-state index contributed by atoms with van der Waals surface area (Å²) in [7, 11) is 0. The van der Waals surface area contributed by atoms with Crippen LogP contribution in [-0.4, -0.2) is 9.55 Å². The standard InChI is InChI=1S/C13H14Cl2N2/c1-13(2)6-10(13)17-11(7-14)16-9-5-3-4-8(15)12(9)17/h3-5,10H,6-7H2,1-2H3. The van der Waals surface area contributed by atoms with E-state index in [1.165, 1.54) is 0 Å². The van der Waals surface area contributed by atoms with E-state index in [1.807, 2.05) is 18.2 Å². The molecule has 0 N–H and O–H groups in total. The van der Waals surface area contributed by atoms with Gasteiger partial charge in [-0.05, 0) is 24.0 Å². The third-order valence-corrected chi connectivity index (χ3v) is 4.17. The van der Waals surface area contributed by atoms with Gasteiger partial charge in [0.25, 0.3) is 0 Å². The lowest BCUT2D eigenvalue weighted by Crippen LogP contribution is -2.04. The van der Waals surface area contributed by atoms with Gasteiger partial charge in [0.1, 0.15) is 5.82 Å². The maximum absolute atomic E-state index is 6.29. The predicted octanol–water partition coefficient (Wildman–Crippen LogP) is 4.40. The maximum Gasteiger partial charge on any atom is 0.125 e. The molecule has 3 rings (SSSR count). The van der Waals surface area contributed by atoms with Crippen molar-refractivity contribution in [2.75, 3.05) is 0 Å². The Morgan fingerprint density at radius 3 is 2.76 bits per heavy atom. The molecule has 0 radical (unpaired) electrons. The molecule has 0 aliphatic heterocycles. The Bertz CT molecular complexity index is 586. The van der Waals surface area contributed by atoms with E-state index >= 15 is 0 Å². The predicted molar refractivity (Wildman–Crippen MR) is 71.7 cm³/mol. The highest BCUT2D eigenvalue weighted by Crippen LogP contribution is 2.57. The van der Waals surface area contributed by atoms with Crippen LogP contribution >= 0.6 is 23.2 Å². The van der Waals surface area contributed by atoms with Gasteiger partial charge in [0.15, 0.2) is 0 Å². The van der Waals surface area contributed by atoms with Crippen LogP contribution < -0.4 is 0 Å². The lowest BCUT2D eigenvalue weighted by molar-refractivity contribution is 0.540. The van der Waals surface area contributed by atoms with Crippen molar-refractivity contribution in [3.05, 3.63) is 29.0 Å². The number of benzene rings is 1. The average molecular weight is 269 g/mol. The van der Waals surface area contributed by atoms with Gasteiger partial charge in [-0.15, -0.1) is 11.6 Å². The van der Waals surface area contributed by atoms with E-state index in [2.05, 4.69) is 23.4 Å². The van der Waals surface area contributed by atoms with E-state index in [-0.39, 0.29) is 0 Å². The molecule has 1 fully saturated rings. The summed E-state index contributed by atoms with van der Waals surface area (Å²) in [5.74, 6) is 1.35. The zero-order valence-corrected chi connectivity index (χ0v) is 11.4. The average Bonchev–Trinajstić information content (AvgIpc) is 2.74. The number of imidazole rings is 1. The first-order chi connectivity index (χ1) is 8.04. The molecule has 1 aromatic carbocycles. The molecule has 1 aromatic heterocycles. The van der Waals surface area contributed by atoms with Crippen LogP contribution in [0.3, 0.4) is 0 Å². The monoisotopic (exact) mass is 268 g/mol. The van der Waals surface area contributed by atoms with E-state index < -0.39 is 0 Å². The fraction of sp³-hybridized carbons (Fsp3) is 0.462. The Balaban J connectivity index is 2.27. The molecule has 1 aliphatic carbocycles. The SMILES string of the molecule is CC1(C)CC1n1c(CCl)nc2cccc(Cl)c21. The summed E-state index contributed by atoms with van der Waals surface area (Å²) in [5.41, 5.74) is 2.30. The normalized spacial score (nSPS) is 22.0. The van der Waals surface area contributed by atoms with Gasteiger partial charge in [0.05, 0.1) is 21.9 Å². The second-order valence-corrected chi connectivity index (χ2v) is 6.02. The summed E-state index contributed by atoms with van der Waals surface area (Å²) < 4.78 is 2.23. The Kier molecular flexibility index (Phi) is 2.43. The molecular weight excluding hydrogens is 255 g/mol. The van der Waals surface area contributed by atoms with E-state index in [4.69, 9.17) is 23.2 Å². The molecule has 1 heterocycles. The van der Waals surface area contributed by atoms with Gasteiger partial charge in [-0.25, -0.2) is 4.98 Å². The van der Waals surface area contributed by atoms with Crippen LogP contribution in [0.1, 0.15) is 32.1 Å². The number of halogens is 2. The second kappa shape index (κ2) is 3.63.